The minimum Gasteiger partial charge on any atom is -0.314 e. The molecule has 1 aliphatic carbocycles. The van der Waals surface area contributed by atoms with Crippen molar-refractivity contribution in [1.82, 2.24) is 10.2 Å². The second-order valence-corrected chi connectivity index (χ2v) is 7.43. The number of nitrogens with one attached hydrogen (secondary N) is 1. The van der Waals surface area contributed by atoms with Crippen LogP contribution in [0.15, 0.2) is 12.1 Å². The van der Waals surface area contributed by atoms with Crippen molar-refractivity contribution >= 4 is 22.9 Å². The highest BCUT2D eigenvalue weighted by Gasteiger charge is 2.24. The molecule has 2 fully saturated rings. The molecular weight excluding hydrogens is 264 g/mol. The lowest BCUT2D eigenvalue weighted by Gasteiger charge is -2.32. The van der Waals surface area contributed by atoms with Gasteiger partial charge in [0.25, 0.3) is 0 Å². The molecule has 1 saturated heterocycles. The molecule has 0 aromatic carbocycles. The van der Waals surface area contributed by atoms with Crippen molar-refractivity contribution in [2.24, 2.45) is 5.92 Å². The zero-order valence-electron chi connectivity index (χ0n) is 10.7. The molecule has 1 aromatic rings. The molecule has 2 nitrogen and oxygen atoms in total. The Bertz CT molecular complexity index is 389. The summed E-state index contributed by atoms with van der Waals surface area (Å²) >= 11 is 7.71. The summed E-state index contributed by atoms with van der Waals surface area (Å²) in [6.45, 7) is 4.79. The van der Waals surface area contributed by atoms with Crippen LogP contribution >= 0.6 is 22.9 Å². The van der Waals surface area contributed by atoms with Crippen LogP contribution in [-0.2, 0) is 6.54 Å². The van der Waals surface area contributed by atoms with Crippen LogP contribution in [0.2, 0.25) is 4.34 Å². The van der Waals surface area contributed by atoms with Crippen LogP contribution in [0.25, 0.3) is 0 Å². The van der Waals surface area contributed by atoms with Gasteiger partial charge in [-0.05, 0) is 56.8 Å². The Morgan fingerprint density at radius 3 is 2.94 bits per heavy atom. The molecule has 0 amide bonds. The fraction of sp³-hybridized carbons (Fsp3) is 0.714. The predicted octanol–water partition coefficient (Wildman–Crippen LogP) is 3.37. The SMILES string of the molecule is Clc1ccc(CN2CCCC(CNC3CC3)C2)s1. The first-order valence-corrected chi connectivity index (χ1v) is 8.19. The number of nitrogens with zero attached hydrogens (tertiary/aromatic N) is 1. The standard InChI is InChI=1S/C14H21ClN2S/c15-14-6-5-13(18-14)10-17-7-1-2-11(9-17)8-16-12-3-4-12/h5-6,11-12,16H,1-4,7-10H2. The van der Waals surface area contributed by atoms with Crippen molar-refractivity contribution in [3.8, 4) is 0 Å². The summed E-state index contributed by atoms with van der Waals surface area (Å²) in [5, 5.41) is 3.67. The van der Waals surface area contributed by atoms with Crippen molar-refractivity contribution in [2.45, 2.75) is 38.3 Å². The highest BCUT2D eigenvalue weighted by atomic mass is 35.5. The molecule has 1 N–H and O–H groups in total. The van der Waals surface area contributed by atoms with Gasteiger partial charge < -0.3 is 5.32 Å². The molecule has 1 aliphatic heterocycles. The topological polar surface area (TPSA) is 15.3 Å². The fourth-order valence-corrected chi connectivity index (χ4v) is 3.87. The van der Waals surface area contributed by atoms with Crippen LogP contribution in [0.3, 0.4) is 0 Å². The minimum atomic E-state index is 0.842. The van der Waals surface area contributed by atoms with E-state index in [2.05, 4.69) is 16.3 Å². The molecular formula is C14H21ClN2S. The molecule has 3 rings (SSSR count). The molecule has 2 aliphatic rings. The second-order valence-electron chi connectivity index (χ2n) is 5.63. The number of hydrogen-bond acceptors (Lipinski definition) is 3. The first kappa shape index (κ1) is 12.9. The highest BCUT2D eigenvalue weighted by molar-refractivity contribution is 7.16. The van der Waals surface area contributed by atoms with E-state index in [1.807, 2.05) is 6.07 Å². The summed E-state index contributed by atoms with van der Waals surface area (Å²) in [5.74, 6) is 0.842. The van der Waals surface area contributed by atoms with Gasteiger partial charge in [-0.3, -0.25) is 4.90 Å². The lowest BCUT2D eigenvalue weighted by Crippen LogP contribution is -2.39. The number of likely N-dealkylation sites (tertiary alicyclic amines) is 1. The van der Waals surface area contributed by atoms with Crippen molar-refractivity contribution in [3.63, 3.8) is 0 Å². The summed E-state index contributed by atoms with van der Waals surface area (Å²) in [4.78, 5) is 3.99. The van der Waals surface area contributed by atoms with Gasteiger partial charge in [0.2, 0.25) is 0 Å². The highest BCUT2D eigenvalue weighted by Crippen LogP contribution is 2.25. The van der Waals surface area contributed by atoms with Crippen LogP contribution in [0.5, 0.6) is 0 Å². The van der Waals surface area contributed by atoms with E-state index in [0.29, 0.717) is 0 Å². The van der Waals surface area contributed by atoms with E-state index in [1.165, 1.54) is 50.2 Å². The third kappa shape index (κ3) is 3.70. The Morgan fingerprint density at radius 1 is 1.33 bits per heavy atom. The third-order valence-electron chi connectivity index (χ3n) is 3.88. The van der Waals surface area contributed by atoms with Crippen LogP contribution < -0.4 is 5.32 Å². The average Bonchev–Trinajstić information content (AvgIpc) is 3.11. The molecule has 1 atom stereocenters. The summed E-state index contributed by atoms with van der Waals surface area (Å²) < 4.78 is 0.911. The molecule has 100 valence electrons. The van der Waals surface area contributed by atoms with Crippen molar-refractivity contribution in [2.75, 3.05) is 19.6 Å². The van der Waals surface area contributed by atoms with Crippen molar-refractivity contribution in [3.05, 3.63) is 21.3 Å². The quantitative estimate of drug-likeness (QED) is 0.892. The zero-order chi connectivity index (χ0) is 12.4. The number of rotatable bonds is 5. The van der Waals surface area contributed by atoms with E-state index >= 15 is 0 Å². The van der Waals surface area contributed by atoms with Gasteiger partial charge in [-0.25, -0.2) is 0 Å². The summed E-state index contributed by atoms with van der Waals surface area (Å²) in [6.07, 6.45) is 5.52. The van der Waals surface area contributed by atoms with Gasteiger partial charge in [0.1, 0.15) is 0 Å². The van der Waals surface area contributed by atoms with E-state index in [0.717, 1.165) is 22.8 Å². The van der Waals surface area contributed by atoms with E-state index in [-0.39, 0.29) is 0 Å². The van der Waals surface area contributed by atoms with Crippen LogP contribution in [0.1, 0.15) is 30.6 Å². The smallest absolute Gasteiger partial charge is 0.0931 e. The molecule has 0 bridgehead atoms. The summed E-state index contributed by atoms with van der Waals surface area (Å²) in [6, 6.07) is 5.02. The van der Waals surface area contributed by atoms with E-state index in [1.54, 1.807) is 11.3 Å². The average molecular weight is 285 g/mol. The first-order chi connectivity index (χ1) is 8.79. The zero-order valence-corrected chi connectivity index (χ0v) is 12.3. The second kappa shape index (κ2) is 5.91. The maximum atomic E-state index is 5.99. The fourth-order valence-electron chi connectivity index (χ4n) is 2.74. The molecule has 0 radical (unpaired) electrons. The maximum absolute atomic E-state index is 5.99. The summed E-state index contributed by atoms with van der Waals surface area (Å²) in [5.41, 5.74) is 0. The van der Waals surface area contributed by atoms with Crippen molar-refractivity contribution < 1.29 is 0 Å². The van der Waals surface area contributed by atoms with Gasteiger partial charge in [0.05, 0.1) is 4.34 Å². The Morgan fingerprint density at radius 2 is 2.22 bits per heavy atom. The van der Waals surface area contributed by atoms with Gasteiger partial charge in [-0.15, -0.1) is 11.3 Å². The molecule has 0 spiro atoms. The first-order valence-electron chi connectivity index (χ1n) is 6.99. The Labute approximate surface area is 118 Å². The monoisotopic (exact) mass is 284 g/mol. The Kier molecular flexibility index (Phi) is 4.24. The van der Waals surface area contributed by atoms with Crippen LogP contribution in [0, 0.1) is 5.92 Å². The molecule has 1 saturated carbocycles. The molecule has 2 heterocycles. The Balaban J connectivity index is 1.46. The number of piperidine rings is 1. The van der Waals surface area contributed by atoms with Crippen molar-refractivity contribution in [1.29, 1.82) is 0 Å². The molecule has 4 heteroatoms. The van der Waals surface area contributed by atoms with E-state index in [4.69, 9.17) is 11.6 Å². The largest absolute Gasteiger partial charge is 0.314 e. The third-order valence-corrected chi connectivity index (χ3v) is 5.10. The summed E-state index contributed by atoms with van der Waals surface area (Å²) in [7, 11) is 0. The number of halogens is 1. The van der Waals surface area contributed by atoms with Crippen LogP contribution in [0.4, 0.5) is 0 Å². The van der Waals surface area contributed by atoms with E-state index in [9.17, 15) is 0 Å². The number of thiophene rings is 1. The number of hydrogen-bond donors (Lipinski definition) is 1. The van der Waals surface area contributed by atoms with Gasteiger partial charge >= 0.3 is 0 Å². The normalized spacial score (nSPS) is 25.5. The van der Waals surface area contributed by atoms with Gasteiger partial charge in [-0.2, -0.15) is 0 Å². The molecule has 1 aromatic heterocycles. The lowest BCUT2D eigenvalue weighted by molar-refractivity contribution is 0.166. The Hall–Kier alpha value is -0.0900. The minimum absolute atomic E-state index is 0.842. The van der Waals surface area contributed by atoms with Gasteiger partial charge in [0, 0.05) is 24.0 Å². The van der Waals surface area contributed by atoms with E-state index < -0.39 is 0 Å². The molecule has 18 heavy (non-hydrogen) atoms. The lowest BCUT2D eigenvalue weighted by atomic mass is 9.98. The van der Waals surface area contributed by atoms with Crippen LogP contribution in [-0.4, -0.2) is 30.6 Å². The van der Waals surface area contributed by atoms with Gasteiger partial charge in [0.15, 0.2) is 0 Å². The van der Waals surface area contributed by atoms with Gasteiger partial charge in [-0.1, -0.05) is 11.6 Å². The molecule has 1 unspecified atom stereocenters. The predicted molar refractivity (Wildman–Crippen MR) is 78.4 cm³/mol. The maximum Gasteiger partial charge on any atom is 0.0931 e.